The lowest BCUT2D eigenvalue weighted by atomic mass is 10.3. The van der Waals surface area contributed by atoms with E-state index in [4.69, 9.17) is 21.3 Å². The smallest absolute Gasteiger partial charge is 0.243 e. The second-order valence-electron chi connectivity index (χ2n) is 8.30. The van der Waals surface area contributed by atoms with Crippen LogP contribution in [0.2, 0.25) is 5.02 Å². The van der Waals surface area contributed by atoms with Crippen LogP contribution in [0, 0.1) is 0 Å². The Balaban J connectivity index is 1.23. The van der Waals surface area contributed by atoms with Gasteiger partial charge in [-0.3, -0.25) is 0 Å². The maximum Gasteiger partial charge on any atom is 0.243 e. The topological polar surface area (TPSA) is 78.9 Å². The highest BCUT2D eigenvalue weighted by molar-refractivity contribution is 7.89. The molecule has 2 aliphatic heterocycles. The summed E-state index contributed by atoms with van der Waals surface area (Å²) >= 11 is 6.13. The molecule has 0 spiro atoms. The fourth-order valence-corrected chi connectivity index (χ4v) is 5.82. The molecule has 1 aromatic heterocycles. The number of halogens is 1. The van der Waals surface area contributed by atoms with Gasteiger partial charge >= 0.3 is 0 Å². The van der Waals surface area contributed by atoms with Gasteiger partial charge in [0.05, 0.1) is 9.92 Å². The molecular formula is C24H26ClN5O3S. The molecule has 2 saturated heterocycles. The summed E-state index contributed by atoms with van der Waals surface area (Å²) < 4.78 is 33.7. The molecule has 0 bridgehead atoms. The van der Waals surface area contributed by atoms with E-state index in [1.165, 1.54) is 17.1 Å². The molecule has 178 valence electrons. The van der Waals surface area contributed by atoms with E-state index in [2.05, 4.69) is 9.88 Å². The Morgan fingerprint density at radius 2 is 1.53 bits per heavy atom. The molecule has 0 atom stereocenters. The zero-order chi connectivity index (χ0) is 23.5. The number of hydrogen-bond donors (Lipinski definition) is 0. The Labute approximate surface area is 204 Å². The van der Waals surface area contributed by atoms with E-state index in [-0.39, 0.29) is 4.90 Å². The zero-order valence-corrected chi connectivity index (χ0v) is 20.2. The summed E-state index contributed by atoms with van der Waals surface area (Å²) in [6, 6.07) is 15.5. The highest BCUT2D eigenvalue weighted by atomic mass is 35.5. The number of rotatable bonds is 6. The summed E-state index contributed by atoms with van der Waals surface area (Å²) in [5.74, 6) is 2.64. The second kappa shape index (κ2) is 9.77. The molecular weight excluding hydrogens is 474 g/mol. The molecule has 3 heterocycles. The van der Waals surface area contributed by atoms with Gasteiger partial charge in [0, 0.05) is 45.5 Å². The van der Waals surface area contributed by atoms with E-state index in [1.807, 2.05) is 23.1 Å². The molecule has 0 amide bonds. The summed E-state index contributed by atoms with van der Waals surface area (Å²) in [5.41, 5.74) is 0. The van der Waals surface area contributed by atoms with Gasteiger partial charge in [-0.25, -0.2) is 13.4 Å². The van der Waals surface area contributed by atoms with E-state index in [0.717, 1.165) is 18.9 Å². The second-order valence-corrected chi connectivity index (χ2v) is 10.6. The molecule has 0 N–H and O–H groups in total. The minimum Gasteiger partial charge on any atom is -0.456 e. The van der Waals surface area contributed by atoms with Gasteiger partial charge in [0.1, 0.15) is 17.3 Å². The van der Waals surface area contributed by atoms with E-state index in [0.29, 0.717) is 48.6 Å². The van der Waals surface area contributed by atoms with Crippen molar-refractivity contribution in [3.05, 3.63) is 65.8 Å². The van der Waals surface area contributed by atoms with Crippen LogP contribution in [0.5, 0.6) is 11.5 Å². The van der Waals surface area contributed by atoms with Crippen LogP contribution in [-0.2, 0) is 10.0 Å². The number of ether oxygens (including phenoxy) is 1. The first kappa shape index (κ1) is 22.9. The van der Waals surface area contributed by atoms with Crippen molar-refractivity contribution in [2.45, 2.75) is 17.7 Å². The molecule has 0 radical (unpaired) electrons. The highest BCUT2D eigenvalue weighted by Crippen LogP contribution is 2.30. The Morgan fingerprint density at radius 3 is 2.24 bits per heavy atom. The van der Waals surface area contributed by atoms with Gasteiger partial charge in [-0.05, 0) is 55.3 Å². The molecule has 2 aromatic carbocycles. The quantitative estimate of drug-likeness (QED) is 0.506. The lowest BCUT2D eigenvalue weighted by Crippen LogP contribution is -2.49. The van der Waals surface area contributed by atoms with Crippen LogP contribution in [0.1, 0.15) is 12.8 Å². The van der Waals surface area contributed by atoms with Crippen molar-refractivity contribution in [3.8, 4) is 11.5 Å². The van der Waals surface area contributed by atoms with E-state index in [1.54, 1.807) is 42.6 Å². The van der Waals surface area contributed by atoms with Gasteiger partial charge in [-0.15, -0.1) is 0 Å². The summed E-state index contributed by atoms with van der Waals surface area (Å²) in [6.07, 6.45) is 4.15. The van der Waals surface area contributed by atoms with Crippen molar-refractivity contribution in [3.63, 3.8) is 0 Å². The van der Waals surface area contributed by atoms with Gasteiger partial charge in [0.15, 0.2) is 0 Å². The number of anilines is 2. The Kier molecular flexibility index (Phi) is 6.58. The minimum atomic E-state index is -3.61. The van der Waals surface area contributed by atoms with Crippen LogP contribution in [-0.4, -0.2) is 62.0 Å². The van der Waals surface area contributed by atoms with Gasteiger partial charge in [0.2, 0.25) is 16.0 Å². The monoisotopic (exact) mass is 499 g/mol. The number of para-hydroxylation sites is 1. The number of aromatic nitrogens is 2. The SMILES string of the molecule is O=S(=O)(c1ccc(Oc2ccccc2Cl)cc1)N1CCN(c2nccc(N3CCCC3)n2)CC1. The van der Waals surface area contributed by atoms with Gasteiger partial charge in [0.25, 0.3) is 0 Å². The maximum absolute atomic E-state index is 13.2. The van der Waals surface area contributed by atoms with Gasteiger partial charge in [-0.1, -0.05) is 23.7 Å². The maximum atomic E-state index is 13.2. The predicted octanol–water partition coefficient (Wildman–Crippen LogP) is 4.03. The number of nitrogens with zero attached hydrogens (tertiary/aromatic N) is 5. The third kappa shape index (κ3) is 4.82. The molecule has 2 aliphatic rings. The molecule has 3 aromatic rings. The molecule has 0 saturated carbocycles. The molecule has 8 nitrogen and oxygen atoms in total. The first-order valence-electron chi connectivity index (χ1n) is 11.4. The zero-order valence-electron chi connectivity index (χ0n) is 18.7. The van der Waals surface area contributed by atoms with Crippen molar-refractivity contribution in [2.75, 3.05) is 49.1 Å². The van der Waals surface area contributed by atoms with Gasteiger partial charge in [-0.2, -0.15) is 9.29 Å². The number of piperazine rings is 1. The Morgan fingerprint density at radius 1 is 0.824 bits per heavy atom. The molecule has 2 fully saturated rings. The summed E-state index contributed by atoms with van der Waals surface area (Å²) in [5, 5.41) is 0.493. The van der Waals surface area contributed by atoms with Crippen molar-refractivity contribution >= 4 is 33.4 Å². The third-order valence-corrected chi connectivity index (χ3v) is 8.33. The summed E-state index contributed by atoms with van der Waals surface area (Å²) in [7, 11) is -3.61. The average Bonchev–Trinajstić information content (AvgIpc) is 3.41. The lowest BCUT2D eigenvalue weighted by Gasteiger charge is -2.34. The fourth-order valence-electron chi connectivity index (χ4n) is 4.23. The van der Waals surface area contributed by atoms with Gasteiger partial charge < -0.3 is 14.5 Å². The van der Waals surface area contributed by atoms with Crippen molar-refractivity contribution in [1.82, 2.24) is 14.3 Å². The summed E-state index contributed by atoms with van der Waals surface area (Å²) in [4.78, 5) is 13.7. The van der Waals surface area contributed by atoms with Crippen molar-refractivity contribution in [1.29, 1.82) is 0 Å². The van der Waals surface area contributed by atoms with Crippen LogP contribution in [0.4, 0.5) is 11.8 Å². The van der Waals surface area contributed by atoms with Crippen LogP contribution in [0.3, 0.4) is 0 Å². The van der Waals surface area contributed by atoms with Crippen molar-refractivity contribution in [2.24, 2.45) is 0 Å². The fraction of sp³-hybridized carbons (Fsp3) is 0.333. The Bertz CT molecular complexity index is 1240. The molecule has 0 aliphatic carbocycles. The molecule has 34 heavy (non-hydrogen) atoms. The number of benzene rings is 2. The van der Waals surface area contributed by atoms with Crippen LogP contribution >= 0.6 is 11.6 Å². The summed E-state index contributed by atoms with van der Waals surface area (Å²) in [6.45, 7) is 3.86. The highest BCUT2D eigenvalue weighted by Gasteiger charge is 2.29. The van der Waals surface area contributed by atoms with Crippen LogP contribution in [0.15, 0.2) is 65.7 Å². The molecule has 10 heteroatoms. The largest absolute Gasteiger partial charge is 0.456 e. The predicted molar refractivity (Wildman–Crippen MR) is 132 cm³/mol. The molecule has 5 rings (SSSR count). The van der Waals surface area contributed by atoms with E-state index < -0.39 is 10.0 Å². The Hall–Kier alpha value is -2.88. The molecule has 0 unspecified atom stereocenters. The number of sulfonamides is 1. The minimum absolute atomic E-state index is 0.236. The van der Waals surface area contributed by atoms with Crippen molar-refractivity contribution < 1.29 is 13.2 Å². The van der Waals surface area contributed by atoms with Crippen LogP contribution in [0.25, 0.3) is 0 Å². The first-order valence-corrected chi connectivity index (χ1v) is 13.2. The first-order chi connectivity index (χ1) is 16.5. The van der Waals surface area contributed by atoms with E-state index in [9.17, 15) is 8.42 Å². The lowest BCUT2D eigenvalue weighted by molar-refractivity contribution is 0.382. The average molecular weight is 500 g/mol. The van der Waals surface area contributed by atoms with Crippen LogP contribution < -0.4 is 14.5 Å². The third-order valence-electron chi connectivity index (χ3n) is 6.11. The van der Waals surface area contributed by atoms with E-state index >= 15 is 0 Å². The normalized spacial score (nSPS) is 17.2. The number of hydrogen-bond acceptors (Lipinski definition) is 7. The standard InChI is InChI=1S/C24H26ClN5O3S/c25-21-5-1-2-6-22(21)33-19-7-9-20(10-8-19)34(31,32)30-17-15-29(16-18-30)24-26-12-11-23(27-24)28-13-3-4-14-28/h1-2,5-12H,3-4,13-18H2.